The highest BCUT2D eigenvalue weighted by Gasteiger charge is 2.08. The van der Waals surface area contributed by atoms with Crippen molar-refractivity contribution in [1.82, 2.24) is 4.72 Å². The van der Waals surface area contributed by atoms with Gasteiger partial charge in [-0.2, -0.15) is 0 Å². The zero-order chi connectivity index (χ0) is 23.0. The van der Waals surface area contributed by atoms with Crippen LogP contribution in [0, 0.1) is 5.82 Å². The Bertz CT molecular complexity index is 1180. The van der Waals surface area contributed by atoms with E-state index in [1.54, 1.807) is 55.6 Å². The second kappa shape index (κ2) is 10.8. The minimum absolute atomic E-state index is 0.142. The lowest BCUT2D eigenvalue weighted by molar-refractivity contribution is 0.284. The average molecular weight is 458 g/mol. The number of hydrogen-bond donors (Lipinski definition) is 1. The molecule has 168 valence electrons. The minimum atomic E-state index is -3.65. The summed E-state index contributed by atoms with van der Waals surface area (Å²) in [5.74, 6) is 1.30. The molecule has 6 nitrogen and oxygen atoms in total. The van der Waals surface area contributed by atoms with E-state index in [0.717, 1.165) is 16.5 Å². The first-order valence-corrected chi connectivity index (χ1v) is 11.3. The van der Waals surface area contributed by atoms with Crippen LogP contribution >= 0.6 is 0 Å². The van der Waals surface area contributed by atoms with E-state index in [1.165, 1.54) is 25.3 Å². The lowest BCUT2D eigenvalue weighted by Gasteiger charge is -2.11. The number of halogens is 1. The van der Waals surface area contributed by atoms with Gasteiger partial charge in [0.05, 0.1) is 14.2 Å². The number of hydrogen-bond acceptors (Lipinski definition) is 5. The molecule has 0 fully saturated rings. The number of sulfonamides is 1. The van der Waals surface area contributed by atoms with Gasteiger partial charge in [0.25, 0.3) is 0 Å². The van der Waals surface area contributed by atoms with Gasteiger partial charge in [0.15, 0.2) is 11.5 Å². The molecule has 0 heterocycles. The first-order valence-electron chi connectivity index (χ1n) is 9.74. The summed E-state index contributed by atoms with van der Waals surface area (Å²) in [5.41, 5.74) is 2.22. The molecule has 3 aromatic rings. The SMILES string of the molecule is COc1cccc(CNS(=O)(=O)C=Cc2ccc(OCc3ccc(F)cc3)c(OC)c2)c1. The van der Waals surface area contributed by atoms with Crippen LogP contribution in [0.2, 0.25) is 0 Å². The molecule has 0 bridgehead atoms. The Hall–Kier alpha value is -3.36. The lowest BCUT2D eigenvalue weighted by Crippen LogP contribution is -2.20. The van der Waals surface area contributed by atoms with E-state index in [9.17, 15) is 12.8 Å². The number of ether oxygens (including phenoxy) is 3. The molecule has 0 aliphatic rings. The van der Waals surface area contributed by atoms with E-state index in [4.69, 9.17) is 14.2 Å². The average Bonchev–Trinajstić information content (AvgIpc) is 2.81. The Kier molecular flexibility index (Phi) is 7.86. The summed E-state index contributed by atoms with van der Waals surface area (Å²) < 4.78 is 56.4. The van der Waals surface area contributed by atoms with Crippen molar-refractivity contribution in [3.8, 4) is 17.2 Å². The van der Waals surface area contributed by atoms with Crippen LogP contribution < -0.4 is 18.9 Å². The summed E-state index contributed by atoms with van der Waals surface area (Å²) in [6.45, 7) is 0.387. The smallest absolute Gasteiger partial charge is 0.234 e. The summed E-state index contributed by atoms with van der Waals surface area (Å²) >= 11 is 0. The summed E-state index contributed by atoms with van der Waals surface area (Å²) in [7, 11) is -0.596. The third-order valence-electron chi connectivity index (χ3n) is 4.55. The van der Waals surface area contributed by atoms with Crippen LogP contribution in [0.15, 0.2) is 72.1 Å². The highest BCUT2D eigenvalue weighted by molar-refractivity contribution is 7.92. The van der Waals surface area contributed by atoms with Crippen molar-refractivity contribution in [1.29, 1.82) is 0 Å². The fourth-order valence-corrected chi connectivity index (χ4v) is 3.63. The fraction of sp³-hybridized carbons (Fsp3) is 0.167. The van der Waals surface area contributed by atoms with Crippen LogP contribution in [0.5, 0.6) is 17.2 Å². The summed E-state index contributed by atoms with van der Waals surface area (Å²) in [6, 6.07) is 18.3. The number of benzene rings is 3. The standard InChI is InChI=1S/C24H24FNO5S/c1-29-22-5-3-4-20(14-22)16-26-32(27,28)13-12-18-8-11-23(24(15-18)30-2)31-17-19-6-9-21(25)10-7-19/h3-15,26H,16-17H2,1-2H3. The van der Waals surface area contributed by atoms with Gasteiger partial charge in [-0.25, -0.2) is 17.5 Å². The van der Waals surface area contributed by atoms with Crippen LogP contribution in [0.3, 0.4) is 0 Å². The van der Waals surface area contributed by atoms with Crippen LogP contribution in [0.1, 0.15) is 16.7 Å². The molecule has 0 saturated heterocycles. The first kappa shape index (κ1) is 23.3. The molecule has 3 aromatic carbocycles. The molecular formula is C24H24FNO5S. The number of nitrogens with one attached hydrogen (secondary N) is 1. The molecular weight excluding hydrogens is 433 g/mol. The summed E-state index contributed by atoms with van der Waals surface area (Å²) in [4.78, 5) is 0. The molecule has 0 aliphatic carbocycles. The van der Waals surface area contributed by atoms with Crippen LogP contribution in [0.25, 0.3) is 6.08 Å². The molecule has 0 unspecified atom stereocenters. The summed E-state index contributed by atoms with van der Waals surface area (Å²) in [5, 5.41) is 1.10. The molecule has 0 amide bonds. The molecule has 0 atom stereocenters. The molecule has 0 aliphatic heterocycles. The molecule has 0 aromatic heterocycles. The molecule has 32 heavy (non-hydrogen) atoms. The normalized spacial score (nSPS) is 11.5. The Morgan fingerprint density at radius 1 is 0.906 bits per heavy atom. The minimum Gasteiger partial charge on any atom is -0.497 e. The molecule has 3 rings (SSSR count). The third kappa shape index (κ3) is 6.83. The van der Waals surface area contributed by atoms with Gasteiger partial charge in [0.1, 0.15) is 18.2 Å². The molecule has 0 radical (unpaired) electrons. The Morgan fingerprint density at radius 3 is 2.41 bits per heavy atom. The zero-order valence-corrected chi connectivity index (χ0v) is 18.6. The molecule has 0 spiro atoms. The Balaban J connectivity index is 1.63. The van der Waals surface area contributed by atoms with Crippen molar-refractivity contribution < 1.29 is 27.0 Å². The fourth-order valence-electron chi connectivity index (χ4n) is 2.83. The second-order valence-corrected chi connectivity index (χ2v) is 8.50. The van der Waals surface area contributed by atoms with Gasteiger partial charge in [-0.05, 0) is 59.2 Å². The van der Waals surface area contributed by atoms with E-state index >= 15 is 0 Å². The number of methoxy groups -OCH3 is 2. The Labute approximate surface area is 187 Å². The maximum Gasteiger partial charge on any atom is 0.234 e. The van der Waals surface area contributed by atoms with E-state index in [1.807, 2.05) is 6.07 Å². The zero-order valence-electron chi connectivity index (χ0n) is 17.7. The lowest BCUT2D eigenvalue weighted by atomic mass is 10.2. The van der Waals surface area contributed by atoms with Gasteiger partial charge < -0.3 is 14.2 Å². The quantitative estimate of drug-likeness (QED) is 0.485. The molecule has 0 saturated carbocycles. The van der Waals surface area contributed by atoms with Gasteiger partial charge in [0.2, 0.25) is 10.0 Å². The van der Waals surface area contributed by atoms with Crippen LogP contribution in [-0.4, -0.2) is 22.6 Å². The molecule has 1 N–H and O–H groups in total. The molecule has 8 heteroatoms. The predicted molar refractivity (Wildman–Crippen MR) is 122 cm³/mol. The van der Waals surface area contributed by atoms with Crippen molar-refractivity contribution in [3.63, 3.8) is 0 Å². The largest absolute Gasteiger partial charge is 0.497 e. The van der Waals surface area contributed by atoms with E-state index in [2.05, 4.69) is 4.72 Å². The van der Waals surface area contributed by atoms with Crippen LogP contribution in [0.4, 0.5) is 4.39 Å². The number of rotatable bonds is 10. The Morgan fingerprint density at radius 2 is 1.69 bits per heavy atom. The van der Waals surface area contributed by atoms with E-state index in [0.29, 0.717) is 22.8 Å². The van der Waals surface area contributed by atoms with Gasteiger partial charge >= 0.3 is 0 Å². The third-order valence-corrected chi connectivity index (χ3v) is 5.59. The van der Waals surface area contributed by atoms with Gasteiger partial charge in [-0.3, -0.25) is 0 Å². The van der Waals surface area contributed by atoms with Crippen molar-refractivity contribution in [2.24, 2.45) is 0 Å². The van der Waals surface area contributed by atoms with Crippen molar-refractivity contribution in [3.05, 3.63) is 94.6 Å². The summed E-state index contributed by atoms with van der Waals surface area (Å²) in [6.07, 6.45) is 1.47. The maximum atomic E-state index is 13.0. The maximum absolute atomic E-state index is 13.0. The van der Waals surface area contributed by atoms with Crippen molar-refractivity contribution >= 4 is 16.1 Å². The van der Waals surface area contributed by atoms with Crippen LogP contribution in [-0.2, 0) is 23.2 Å². The van der Waals surface area contributed by atoms with E-state index < -0.39 is 10.0 Å². The first-order chi connectivity index (χ1) is 15.4. The monoisotopic (exact) mass is 457 g/mol. The van der Waals surface area contributed by atoms with E-state index in [-0.39, 0.29) is 19.0 Å². The van der Waals surface area contributed by atoms with Crippen molar-refractivity contribution in [2.75, 3.05) is 14.2 Å². The van der Waals surface area contributed by atoms with Gasteiger partial charge in [0, 0.05) is 12.0 Å². The van der Waals surface area contributed by atoms with Gasteiger partial charge in [-0.15, -0.1) is 0 Å². The highest BCUT2D eigenvalue weighted by Crippen LogP contribution is 2.29. The van der Waals surface area contributed by atoms with Gasteiger partial charge in [-0.1, -0.05) is 30.3 Å². The predicted octanol–water partition coefficient (Wildman–Crippen LogP) is 4.51. The van der Waals surface area contributed by atoms with Crippen molar-refractivity contribution in [2.45, 2.75) is 13.2 Å². The second-order valence-electron chi connectivity index (χ2n) is 6.85. The highest BCUT2D eigenvalue weighted by atomic mass is 32.2. The topological polar surface area (TPSA) is 73.9 Å².